The highest BCUT2D eigenvalue weighted by molar-refractivity contribution is 6.30. The van der Waals surface area contributed by atoms with E-state index in [4.69, 9.17) is 16.9 Å². The van der Waals surface area contributed by atoms with Gasteiger partial charge in [-0.3, -0.25) is 0 Å². The van der Waals surface area contributed by atoms with E-state index in [0.717, 1.165) is 23.4 Å². The maximum absolute atomic E-state index is 8.90. The summed E-state index contributed by atoms with van der Waals surface area (Å²) < 4.78 is 0. The Morgan fingerprint density at radius 1 is 1.38 bits per heavy atom. The van der Waals surface area contributed by atoms with Gasteiger partial charge in [-0.1, -0.05) is 37.1 Å². The molecule has 2 heteroatoms. The molecule has 1 rings (SSSR count). The van der Waals surface area contributed by atoms with Crippen molar-refractivity contribution in [3.05, 3.63) is 34.9 Å². The highest BCUT2D eigenvalue weighted by Crippen LogP contribution is 2.21. The molecular weight excluding hydrogens is 182 g/mol. The van der Waals surface area contributed by atoms with Crippen LogP contribution in [0.1, 0.15) is 31.2 Å². The Morgan fingerprint density at radius 3 is 2.46 bits per heavy atom. The van der Waals surface area contributed by atoms with Gasteiger partial charge in [-0.25, -0.2) is 0 Å². The van der Waals surface area contributed by atoms with E-state index < -0.39 is 0 Å². The van der Waals surface area contributed by atoms with Crippen LogP contribution in [0.2, 0.25) is 5.02 Å². The smallest absolute Gasteiger partial charge is 0.0712 e. The normalized spacial score (nSPS) is 12.1. The fourth-order valence-corrected chi connectivity index (χ4v) is 1.42. The highest BCUT2D eigenvalue weighted by atomic mass is 35.5. The first kappa shape index (κ1) is 10.1. The summed E-state index contributed by atoms with van der Waals surface area (Å²) in [5.41, 5.74) is 1.06. The summed E-state index contributed by atoms with van der Waals surface area (Å²) in [6, 6.07) is 9.80. The fraction of sp³-hybridized carbons (Fsp3) is 0.364. The summed E-state index contributed by atoms with van der Waals surface area (Å²) in [6.07, 6.45) is 1.94. The van der Waals surface area contributed by atoms with E-state index in [2.05, 4.69) is 13.0 Å². The van der Waals surface area contributed by atoms with Crippen molar-refractivity contribution in [2.24, 2.45) is 0 Å². The molecule has 0 aliphatic rings. The molecule has 0 aliphatic carbocycles. The lowest BCUT2D eigenvalue weighted by Gasteiger charge is -2.06. The first-order chi connectivity index (χ1) is 6.27. The van der Waals surface area contributed by atoms with Crippen LogP contribution in [0.5, 0.6) is 0 Å². The minimum atomic E-state index is 0.0160. The summed E-state index contributed by atoms with van der Waals surface area (Å²) in [4.78, 5) is 0. The topological polar surface area (TPSA) is 23.8 Å². The van der Waals surface area contributed by atoms with Crippen molar-refractivity contribution in [2.75, 3.05) is 0 Å². The maximum atomic E-state index is 8.90. The molecule has 1 aromatic carbocycles. The van der Waals surface area contributed by atoms with Gasteiger partial charge in [0.1, 0.15) is 0 Å². The minimum absolute atomic E-state index is 0.0160. The lowest BCUT2D eigenvalue weighted by atomic mass is 9.96. The second kappa shape index (κ2) is 4.89. The van der Waals surface area contributed by atoms with Gasteiger partial charge in [0.05, 0.1) is 12.0 Å². The summed E-state index contributed by atoms with van der Waals surface area (Å²) in [6.45, 7) is 2.08. The maximum Gasteiger partial charge on any atom is 0.0712 e. The molecule has 0 bridgehead atoms. The van der Waals surface area contributed by atoms with Gasteiger partial charge in [-0.05, 0) is 24.1 Å². The Bertz CT molecular complexity index is 297. The van der Waals surface area contributed by atoms with Gasteiger partial charge < -0.3 is 0 Å². The molecule has 0 N–H and O–H groups in total. The Morgan fingerprint density at radius 2 is 2.00 bits per heavy atom. The van der Waals surface area contributed by atoms with Gasteiger partial charge in [-0.15, -0.1) is 0 Å². The zero-order chi connectivity index (χ0) is 9.68. The Hall–Kier alpha value is -1.00. The molecule has 0 aromatic heterocycles. The Kier molecular flexibility index (Phi) is 3.79. The fourth-order valence-electron chi connectivity index (χ4n) is 1.29. The first-order valence-electron chi connectivity index (χ1n) is 4.43. The lowest BCUT2D eigenvalue weighted by Crippen LogP contribution is -1.94. The van der Waals surface area contributed by atoms with Crippen LogP contribution < -0.4 is 0 Å². The zero-order valence-electron chi connectivity index (χ0n) is 7.63. The van der Waals surface area contributed by atoms with Crippen LogP contribution >= 0.6 is 11.6 Å². The molecule has 1 atom stereocenters. The van der Waals surface area contributed by atoms with E-state index in [1.165, 1.54) is 0 Å². The number of rotatable bonds is 3. The van der Waals surface area contributed by atoms with Crippen molar-refractivity contribution in [3.8, 4) is 6.07 Å². The average molecular weight is 194 g/mol. The summed E-state index contributed by atoms with van der Waals surface area (Å²) >= 11 is 5.75. The number of hydrogen-bond acceptors (Lipinski definition) is 1. The van der Waals surface area contributed by atoms with Crippen molar-refractivity contribution >= 4 is 11.6 Å². The van der Waals surface area contributed by atoms with Crippen molar-refractivity contribution < 1.29 is 0 Å². The molecule has 13 heavy (non-hydrogen) atoms. The largest absolute Gasteiger partial charge is 0.198 e. The summed E-state index contributed by atoms with van der Waals surface area (Å²) in [7, 11) is 0. The number of benzene rings is 1. The SMILES string of the molecule is CCCC(C#N)c1ccc(Cl)cc1. The average Bonchev–Trinajstić information content (AvgIpc) is 2.16. The van der Waals surface area contributed by atoms with Crippen molar-refractivity contribution in [2.45, 2.75) is 25.7 Å². The molecule has 68 valence electrons. The molecule has 0 fully saturated rings. The molecule has 0 amide bonds. The first-order valence-corrected chi connectivity index (χ1v) is 4.80. The monoisotopic (exact) mass is 193 g/mol. The second-order valence-corrected chi connectivity index (χ2v) is 3.46. The van der Waals surface area contributed by atoms with Crippen molar-refractivity contribution in [3.63, 3.8) is 0 Å². The van der Waals surface area contributed by atoms with Gasteiger partial charge >= 0.3 is 0 Å². The predicted octanol–water partition coefficient (Wildman–Crippen LogP) is 3.75. The molecule has 1 aromatic rings. The van der Waals surface area contributed by atoms with E-state index in [0.29, 0.717) is 0 Å². The number of nitrogens with zero attached hydrogens (tertiary/aromatic N) is 1. The number of halogens is 1. The van der Waals surface area contributed by atoms with E-state index in [1.807, 2.05) is 24.3 Å². The molecule has 0 aliphatic heterocycles. The lowest BCUT2D eigenvalue weighted by molar-refractivity contribution is 0.727. The third-order valence-electron chi connectivity index (χ3n) is 2.01. The van der Waals surface area contributed by atoms with Crippen LogP contribution in [-0.4, -0.2) is 0 Å². The molecule has 0 spiro atoms. The molecule has 1 unspecified atom stereocenters. The molecule has 0 radical (unpaired) electrons. The van der Waals surface area contributed by atoms with E-state index in [9.17, 15) is 0 Å². The Labute approximate surface area is 84.0 Å². The quantitative estimate of drug-likeness (QED) is 0.718. The molecule has 0 saturated carbocycles. The van der Waals surface area contributed by atoms with Gasteiger partial charge in [0, 0.05) is 5.02 Å². The zero-order valence-corrected chi connectivity index (χ0v) is 8.38. The van der Waals surface area contributed by atoms with E-state index >= 15 is 0 Å². The standard InChI is InChI=1S/C11H12ClN/c1-2-3-10(8-13)9-4-6-11(12)7-5-9/h4-7,10H,2-3H2,1H3. The van der Waals surface area contributed by atoms with E-state index in [-0.39, 0.29) is 5.92 Å². The highest BCUT2D eigenvalue weighted by Gasteiger charge is 2.08. The third kappa shape index (κ3) is 2.75. The van der Waals surface area contributed by atoms with Gasteiger partial charge in [0.25, 0.3) is 0 Å². The summed E-state index contributed by atoms with van der Waals surface area (Å²) in [5, 5.41) is 9.62. The number of hydrogen-bond donors (Lipinski definition) is 0. The summed E-state index contributed by atoms with van der Waals surface area (Å²) in [5.74, 6) is 0.0160. The van der Waals surface area contributed by atoms with Crippen molar-refractivity contribution in [1.82, 2.24) is 0 Å². The van der Waals surface area contributed by atoms with Crippen LogP contribution in [-0.2, 0) is 0 Å². The molecular formula is C11H12ClN. The van der Waals surface area contributed by atoms with Crippen LogP contribution in [0.15, 0.2) is 24.3 Å². The van der Waals surface area contributed by atoms with Crippen LogP contribution in [0.3, 0.4) is 0 Å². The minimum Gasteiger partial charge on any atom is -0.198 e. The predicted molar refractivity (Wildman–Crippen MR) is 54.7 cm³/mol. The molecule has 0 heterocycles. The van der Waals surface area contributed by atoms with E-state index in [1.54, 1.807) is 0 Å². The molecule has 1 nitrogen and oxygen atoms in total. The number of nitriles is 1. The van der Waals surface area contributed by atoms with Crippen molar-refractivity contribution in [1.29, 1.82) is 5.26 Å². The molecule has 0 saturated heterocycles. The van der Waals surface area contributed by atoms with Crippen LogP contribution in [0.25, 0.3) is 0 Å². The van der Waals surface area contributed by atoms with Crippen LogP contribution in [0, 0.1) is 11.3 Å². The van der Waals surface area contributed by atoms with Gasteiger partial charge in [0.2, 0.25) is 0 Å². The van der Waals surface area contributed by atoms with Gasteiger partial charge in [0.15, 0.2) is 0 Å². The van der Waals surface area contributed by atoms with Gasteiger partial charge in [-0.2, -0.15) is 5.26 Å². The van der Waals surface area contributed by atoms with Crippen LogP contribution in [0.4, 0.5) is 0 Å². The third-order valence-corrected chi connectivity index (χ3v) is 2.26. The second-order valence-electron chi connectivity index (χ2n) is 3.02. The Balaban J connectivity index is 2.81.